The number of imidazole rings is 1. The zero-order chi connectivity index (χ0) is 14.0. The number of nitrogens with two attached hydrogens (primary N) is 1. The van der Waals surface area contributed by atoms with Crippen molar-refractivity contribution in [2.45, 2.75) is 19.9 Å². The molecular weight excluding hydrogens is 242 g/mol. The van der Waals surface area contributed by atoms with Crippen LogP contribution in [0.1, 0.15) is 23.1 Å². The smallest absolute Gasteiger partial charge is 0.126 e. The first-order valence-electron chi connectivity index (χ1n) is 6.14. The predicted octanol–water partition coefficient (Wildman–Crippen LogP) is 1.69. The van der Waals surface area contributed by atoms with E-state index in [-0.39, 0.29) is 6.61 Å². The maximum absolute atomic E-state index is 9.07. The second-order valence-corrected chi connectivity index (χ2v) is 4.57. The van der Waals surface area contributed by atoms with E-state index in [1.54, 1.807) is 7.11 Å². The summed E-state index contributed by atoms with van der Waals surface area (Å²) in [5, 5.41) is 9.07. The second-order valence-electron chi connectivity index (χ2n) is 4.57. The highest BCUT2D eigenvalue weighted by Crippen LogP contribution is 2.27. The van der Waals surface area contributed by atoms with E-state index in [2.05, 4.69) is 9.97 Å². The van der Waals surface area contributed by atoms with E-state index >= 15 is 0 Å². The molecule has 0 amide bonds. The Balaban J connectivity index is 2.41. The number of benzene rings is 1. The molecule has 0 aliphatic carbocycles. The summed E-state index contributed by atoms with van der Waals surface area (Å²) in [6.45, 7) is 3.80. The molecule has 102 valence electrons. The zero-order valence-corrected chi connectivity index (χ0v) is 11.4. The number of aromatic amines is 1. The number of hydrogen-bond acceptors (Lipinski definition) is 4. The molecule has 0 fully saturated rings. The van der Waals surface area contributed by atoms with Crippen molar-refractivity contribution in [2.75, 3.05) is 13.7 Å². The maximum Gasteiger partial charge on any atom is 0.126 e. The number of methoxy groups -OCH3 is 1. The molecule has 0 bridgehead atoms. The lowest BCUT2D eigenvalue weighted by molar-refractivity contribution is 0.264. The number of rotatable bonds is 4. The Morgan fingerprint density at radius 1 is 1.42 bits per heavy atom. The lowest BCUT2D eigenvalue weighted by Crippen LogP contribution is -2.16. The summed E-state index contributed by atoms with van der Waals surface area (Å²) in [6, 6.07) is 5.43. The van der Waals surface area contributed by atoms with Crippen LogP contribution < -0.4 is 10.5 Å². The minimum atomic E-state index is -0.480. The van der Waals surface area contributed by atoms with E-state index in [1.165, 1.54) is 0 Å². The van der Waals surface area contributed by atoms with Gasteiger partial charge >= 0.3 is 0 Å². The molecule has 5 heteroatoms. The molecule has 0 aliphatic rings. The Morgan fingerprint density at radius 3 is 2.74 bits per heavy atom. The maximum atomic E-state index is 9.07. The van der Waals surface area contributed by atoms with Crippen molar-refractivity contribution in [3.05, 3.63) is 35.3 Å². The van der Waals surface area contributed by atoms with Crippen LogP contribution >= 0.6 is 0 Å². The predicted molar refractivity (Wildman–Crippen MR) is 74.1 cm³/mol. The summed E-state index contributed by atoms with van der Waals surface area (Å²) < 4.78 is 5.25. The number of ether oxygens (including phenoxy) is 1. The van der Waals surface area contributed by atoms with Gasteiger partial charge < -0.3 is 20.6 Å². The van der Waals surface area contributed by atoms with Crippen LogP contribution in [0, 0.1) is 13.8 Å². The topological polar surface area (TPSA) is 84.2 Å². The van der Waals surface area contributed by atoms with Gasteiger partial charge in [0.2, 0.25) is 0 Å². The Morgan fingerprint density at radius 2 is 2.16 bits per heavy atom. The fourth-order valence-electron chi connectivity index (χ4n) is 2.05. The van der Waals surface area contributed by atoms with E-state index in [0.29, 0.717) is 5.82 Å². The van der Waals surface area contributed by atoms with Crippen molar-refractivity contribution < 1.29 is 9.84 Å². The lowest BCUT2D eigenvalue weighted by atomic mass is 10.1. The van der Waals surface area contributed by atoms with Crippen molar-refractivity contribution in [3.63, 3.8) is 0 Å². The van der Waals surface area contributed by atoms with Crippen LogP contribution in [0.3, 0.4) is 0 Å². The van der Waals surface area contributed by atoms with Gasteiger partial charge in [0.25, 0.3) is 0 Å². The fourth-order valence-corrected chi connectivity index (χ4v) is 2.05. The highest BCUT2D eigenvalue weighted by Gasteiger charge is 2.14. The van der Waals surface area contributed by atoms with Gasteiger partial charge in [0.15, 0.2) is 0 Å². The molecule has 1 unspecified atom stereocenters. The molecule has 1 atom stereocenters. The van der Waals surface area contributed by atoms with E-state index < -0.39 is 6.04 Å². The summed E-state index contributed by atoms with van der Waals surface area (Å²) in [5.74, 6) is 1.45. The standard InChI is InChI=1S/C14H19N3O2/c1-8-6-10(4-5-12(8)19-3)13-9(2)16-14(17-13)11(15)7-18/h4-6,11,18H,7,15H2,1-3H3,(H,16,17). The number of nitrogens with one attached hydrogen (secondary N) is 1. The van der Waals surface area contributed by atoms with Gasteiger partial charge in [-0.3, -0.25) is 0 Å². The number of hydrogen-bond donors (Lipinski definition) is 3. The molecule has 0 saturated heterocycles. The highest BCUT2D eigenvalue weighted by atomic mass is 16.5. The lowest BCUT2D eigenvalue weighted by Gasteiger charge is -2.06. The normalized spacial score (nSPS) is 12.5. The molecule has 2 rings (SSSR count). The number of nitrogens with zero attached hydrogens (tertiary/aromatic N) is 1. The third-order valence-electron chi connectivity index (χ3n) is 3.12. The van der Waals surface area contributed by atoms with Gasteiger partial charge in [-0.25, -0.2) is 4.98 Å². The molecule has 0 aliphatic heterocycles. The quantitative estimate of drug-likeness (QED) is 0.782. The molecule has 0 radical (unpaired) electrons. The summed E-state index contributed by atoms with van der Waals surface area (Å²) in [5.41, 5.74) is 9.61. The molecule has 1 aromatic heterocycles. The first-order valence-corrected chi connectivity index (χ1v) is 6.14. The summed E-state index contributed by atoms with van der Waals surface area (Å²) in [6.07, 6.45) is 0. The first-order chi connectivity index (χ1) is 9.06. The number of H-pyrrole nitrogens is 1. The fraction of sp³-hybridized carbons (Fsp3) is 0.357. The number of aromatic nitrogens is 2. The third-order valence-corrected chi connectivity index (χ3v) is 3.12. The van der Waals surface area contributed by atoms with E-state index in [4.69, 9.17) is 15.6 Å². The summed E-state index contributed by atoms with van der Waals surface area (Å²) in [4.78, 5) is 7.58. The van der Waals surface area contributed by atoms with Gasteiger partial charge in [0.1, 0.15) is 11.6 Å². The van der Waals surface area contributed by atoms with Crippen LogP contribution in [0.4, 0.5) is 0 Å². The van der Waals surface area contributed by atoms with Crippen molar-refractivity contribution in [1.82, 2.24) is 9.97 Å². The van der Waals surface area contributed by atoms with Crippen molar-refractivity contribution in [2.24, 2.45) is 5.73 Å². The molecule has 0 saturated carbocycles. The second kappa shape index (κ2) is 5.42. The average Bonchev–Trinajstić information content (AvgIpc) is 2.80. The van der Waals surface area contributed by atoms with Crippen LogP contribution in [0.2, 0.25) is 0 Å². The summed E-state index contributed by atoms with van der Waals surface area (Å²) >= 11 is 0. The Kier molecular flexibility index (Phi) is 3.87. The zero-order valence-electron chi connectivity index (χ0n) is 11.4. The Bertz CT molecular complexity index is 578. The number of aryl methyl sites for hydroxylation is 2. The third kappa shape index (κ3) is 2.62. The average molecular weight is 261 g/mol. The number of aliphatic hydroxyl groups excluding tert-OH is 1. The van der Waals surface area contributed by atoms with E-state index in [9.17, 15) is 0 Å². The van der Waals surface area contributed by atoms with Crippen molar-refractivity contribution in [3.8, 4) is 17.0 Å². The molecule has 2 aromatic rings. The SMILES string of the molecule is COc1ccc(-c2nc(C(N)CO)[nH]c2C)cc1C. The number of aliphatic hydroxyl groups is 1. The monoisotopic (exact) mass is 261 g/mol. The van der Waals surface area contributed by atoms with Gasteiger partial charge in [0, 0.05) is 11.3 Å². The van der Waals surface area contributed by atoms with Crippen LogP contribution in [0.5, 0.6) is 5.75 Å². The van der Waals surface area contributed by atoms with Gasteiger partial charge in [-0.05, 0) is 37.6 Å². The Labute approximate surface area is 112 Å². The molecule has 4 N–H and O–H groups in total. The molecular formula is C14H19N3O2. The largest absolute Gasteiger partial charge is 0.496 e. The minimum Gasteiger partial charge on any atom is -0.496 e. The van der Waals surface area contributed by atoms with Crippen LogP contribution in [0.25, 0.3) is 11.3 Å². The van der Waals surface area contributed by atoms with Gasteiger partial charge in [0.05, 0.1) is 25.5 Å². The van der Waals surface area contributed by atoms with Crippen LogP contribution in [0.15, 0.2) is 18.2 Å². The van der Waals surface area contributed by atoms with Crippen molar-refractivity contribution in [1.29, 1.82) is 0 Å². The molecule has 0 spiro atoms. The van der Waals surface area contributed by atoms with E-state index in [1.807, 2.05) is 32.0 Å². The van der Waals surface area contributed by atoms with Gasteiger partial charge in [-0.1, -0.05) is 0 Å². The van der Waals surface area contributed by atoms with Crippen LogP contribution in [-0.2, 0) is 0 Å². The highest BCUT2D eigenvalue weighted by molar-refractivity contribution is 5.64. The van der Waals surface area contributed by atoms with Gasteiger partial charge in [-0.2, -0.15) is 0 Å². The minimum absolute atomic E-state index is 0.131. The molecule has 1 aromatic carbocycles. The molecule has 5 nitrogen and oxygen atoms in total. The Hall–Kier alpha value is -1.85. The molecule has 19 heavy (non-hydrogen) atoms. The van der Waals surface area contributed by atoms with E-state index in [0.717, 1.165) is 28.3 Å². The summed E-state index contributed by atoms with van der Waals surface area (Å²) in [7, 11) is 1.65. The van der Waals surface area contributed by atoms with Crippen LogP contribution in [-0.4, -0.2) is 28.8 Å². The van der Waals surface area contributed by atoms with Gasteiger partial charge in [-0.15, -0.1) is 0 Å². The molecule has 1 heterocycles. The van der Waals surface area contributed by atoms with Crippen molar-refractivity contribution >= 4 is 0 Å². The first kappa shape index (κ1) is 13.6.